The zero-order chi connectivity index (χ0) is 44.3. The molecule has 354 valence electrons. The van der Waals surface area contributed by atoms with Crippen molar-refractivity contribution in [3.8, 4) is 0 Å². The molecule has 1 aliphatic rings. The van der Waals surface area contributed by atoms with Crippen molar-refractivity contribution in [3.63, 3.8) is 0 Å². The number of allylic oxidation sites excluding steroid dienone is 2. The molecule has 14 heteroatoms. The van der Waals surface area contributed by atoms with Crippen LogP contribution in [0.4, 0.5) is 0 Å². The summed E-state index contributed by atoms with van der Waals surface area (Å²) in [6, 6.07) is 0. The van der Waals surface area contributed by atoms with E-state index >= 15 is 0 Å². The van der Waals surface area contributed by atoms with Crippen LogP contribution in [-0.2, 0) is 32.7 Å². The fourth-order valence-corrected chi connectivity index (χ4v) is 8.43. The second kappa shape index (κ2) is 37.0. The van der Waals surface area contributed by atoms with Gasteiger partial charge in [0.05, 0.1) is 6.61 Å². The van der Waals surface area contributed by atoms with E-state index in [0.29, 0.717) is 12.8 Å². The number of rotatable bonds is 40. The summed E-state index contributed by atoms with van der Waals surface area (Å²) in [5.41, 5.74) is 0. The van der Waals surface area contributed by atoms with E-state index in [1.807, 2.05) is 0 Å². The van der Waals surface area contributed by atoms with Gasteiger partial charge in [-0.05, 0) is 38.5 Å². The fourth-order valence-electron chi connectivity index (χ4n) is 7.46. The Bertz CT molecular complexity index is 1110. The average Bonchev–Trinajstić information content (AvgIpc) is 3.23. The third-order valence-electron chi connectivity index (χ3n) is 11.4. The van der Waals surface area contributed by atoms with Gasteiger partial charge in [0.25, 0.3) is 0 Å². The van der Waals surface area contributed by atoms with Crippen LogP contribution in [0.2, 0.25) is 0 Å². The molecule has 1 fully saturated rings. The summed E-state index contributed by atoms with van der Waals surface area (Å²) in [7, 11) is -5.11. The molecule has 1 saturated carbocycles. The van der Waals surface area contributed by atoms with Gasteiger partial charge in [0.1, 0.15) is 43.2 Å². The van der Waals surface area contributed by atoms with Crippen molar-refractivity contribution in [2.24, 2.45) is 0 Å². The average molecular weight is 879 g/mol. The summed E-state index contributed by atoms with van der Waals surface area (Å²) in [5.74, 6) is -1.09. The second-order valence-electron chi connectivity index (χ2n) is 17.0. The van der Waals surface area contributed by atoms with Crippen LogP contribution in [0.15, 0.2) is 12.2 Å². The quantitative estimate of drug-likeness (QED) is 0.0147. The minimum Gasteiger partial charge on any atom is -0.462 e. The minimum absolute atomic E-state index is 0.102. The number of ether oxygens (including phenoxy) is 2. The van der Waals surface area contributed by atoms with Crippen LogP contribution < -0.4 is 0 Å². The first-order valence-corrected chi connectivity index (χ1v) is 25.5. The highest BCUT2D eigenvalue weighted by Crippen LogP contribution is 2.47. The summed E-state index contributed by atoms with van der Waals surface area (Å²) in [6.07, 6.45) is 25.5. The van der Waals surface area contributed by atoms with Gasteiger partial charge in [-0.25, -0.2) is 4.57 Å². The van der Waals surface area contributed by atoms with Crippen molar-refractivity contribution >= 4 is 19.8 Å². The van der Waals surface area contributed by atoms with E-state index in [-0.39, 0.29) is 12.8 Å². The van der Waals surface area contributed by atoms with Crippen LogP contribution in [-0.4, -0.2) is 98.3 Å². The fraction of sp³-hybridized carbons (Fsp3) is 0.913. The van der Waals surface area contributed by atoms with Crippen molar-refractivity contribution in [1.29, 1.82) is 0 Å². The zero-order valence-corrected chi connectivity index (χ0v) is 38.4. The van der Waals surface area contributed by atoms with Gasteiger partial charge in [-0.1, -0.05) is 174 Å². The lowest BCUT2D eigenvalue weighted by Crippen LogP contribution is -2.64. The van der Waals surface area contributed by atoms with Crippen LogP contribution in [0.1, 0.15) is 213 Å². The summed E-state index contributed by atoms with van der Waals surface area (Å²) in [4.78, 5) is 35.7. The minimum atomic E-state index is -5.11. The Morgan fingerprint density at radius 2 is 0.850 bits per heavy atom. The van der Waals surface area contributed by atoms with Crippen LogP contribution in [0.25, 0.3) is 0 Å². The number of carbonyl (C=O) groups is 2. The molecule has 6 N–H and O–H groups in total. The maximum absolute atomic E-state index is 12.8. The Hall–Kier alpha value is -1.41. The van der Waals surface area contributed by atoms with Crippen LogP contribution in [0.5, 0.6) is 0 Å². The van der Waals surface area contributed by atoms with Gasteiger partial charge in [0.15, 0.2) is 6.10 Å². The number of phosphoric ester groups is 1. The maximum atomic E-state index is 12.8. The number of unbranched alkanes of at least 4 members (excludes halogenated alkanes) is 26. The molecule has 0 spiro atoms. The molecule has 0 aliphatic heterocycles. The molecule has 8 atom stereocenters. The molecule has 0 heterocycles. The third kappa shape index (κ3) is 29.0. The van der Waals surface area contributed by atoms with Gasteiger partial charge < -0.3 is 39.9 Å². The molecule has 0 radical (unpaired) electrons. The number of esters is 2. The SMILES string of the molecule is CCCCCC/C=C/CCCCCCCCCCCC(=O)OC[C@@H](COP(=O)(O)OC1C(O)C(O)C(O)[C@H](O)C1O)OC(=O)CCCCCCCCCCCCCCCC. The Kier molecular flexibility index (Phi) is 34.9. The molecule has 0 bridgehead atoms. The first-order valence-electron chi connectivity index (χ1n) is 24.0. The van der Waals surface area contributed by atoms with Crippen LogP contribution in [0, 0.1) is 0 Å². The zero-order valence-electron chi connectivity index (χ0n) is 37.5. The van der Waals surface area contributed by atoms with E-state index in [9.17, 15) is 44.6 Å². The van der Waals surface area contributed by atoms with E-state index in [2.05, 4.69) is 26.0 Å². The third-order valence-corrected chi connectivity index (χ3v) is 12.3. The molecule has 0 aromatic rings. The van der Waals surface area contributed by atoms with E-state index < -0.39 is 75.7 Å². The van der Waals surface area contributed by atoms with Gasteiger partial charge in [0.2, 0.25) is 0 Å². The Morgan fingerprint density at radius 3 is 1.28 bits per heavy atom. The predicted molar refractivity (Wildman–Crippen MR) is 235 cm³/mol. The molecule has 13 nitrogen and oxygen atoms in total. The number of phosphoric acid groups is 1. The Morgan fingerprint density at radius 1 is 0.500 bits per heavy atom. The van der Waals surface area contributed by atoms with Crippen molar-refractivity contribution in [2.45, 2.75) is 256 Å². The molecular formula is C46H87O13P. The summed E-state index contributed by atoms with van der Waals surface area (Å²) >= 11 is 0. The van der Waals surface area contributed by atoms with Gasteiger partial charge in [-0.3, -0.25) is 18.6 Å². The highest BCUT2D eigenvalue weighted by molar-refractivity contribution is 7.47. The summed E-state index contributed by atoms with van der Waals surface area (Å²) in [6.45, 7) is 3.30. The summed E-state index contributed by atoms with van der Waals surface area (Å²) < 4.78 is 33.6. The van der Waals surface area contributed by atoms with Gasteiger partial charge in [-0.15, -0.1) is 0 Å². The topological polar surface area (TPSA) is 210 Å². The van der Waals surface area contributed by atoms with E-state index in [1.165, 1.54) is 128 Å². The first kappa shape index (κ1) is 56.6. The highest BCUT2D eigenvalue weighted by Gasteiger charge is 2.51. The van der Waals surface area contributed by atoms with Crippen LogP contribution in [0.3, 0.4) is 0 Å². The second-order valence-corrected chi connectivity index (χ2v) is 18.4. The maximum Gasteiger partial charge on any atom is 0.472 e. The van der Waals surface area contributed by atoms with Gasteiger partial charge in [0, 0.05) is 12.8 Å². The normalized spacial score (nSPS) is 22.2. The van der Waals surface area contributed by atoms with Crippen molar-refractivity contribution in [2.75, 3.05) is 13.2 Å². The standard InChI is InChI=1S/C46H87O13P/c1-3-5-7-9-11-13-15-17-19-20-21-23-24-26-28-30-32-34-39(47)56-36-38(37-57-60(54,55)59-46-44(52)42(50)41(49)43(51)45(46)53)58-40(48)35-33-31-29-27-25-22-18-16-14-12-10-8-6-4-2/h13,15,38,41-46,49-53H,3-12,14,16-37H2,1-2H3,(H,54,55)/b15-13+/t38-,41?,42-,43?,44?,45?,46?/m0/s1. The molecule has 0 aromatic heterocycles. The Balaban J connectivity index is 2.42. The molecule has 1 aliphatic carbocycles. The molecule has 6 unspecified atom stereocenters. The monoisotopic (exact) mass is 879 g/mol. The molecule has 1 rings (SSSR count). The summed E-state index contributed by atoms with van der Waals surface area (Å²) in [5, 5.41) is 50.1. The van der Waals surface area contributed by atoms with Gasteiger partial charge >= 0.3 is 19.8 Å². The lowest BCUT2D eigenvalue weighted by molar-refractivity contribution is -0.220. The first-order chi connectivity index (χ1) is 28.9. The van der Waals surface area contributed by atoms with Gasteiger partial charge in [-0.2, -0.15) is 0 Å². The number of aliphatic hydroxyl groups is 5. The molecule has 0 amide bonds. The predicted octanol–water partition coefficient (Wildman–Crippen LogP) is 9.45. The van der Waals surface area contributed by atoms with Crippen molar-refractivity contribution in [3.05, 3.63) is 12.2 Å². The van der Waals surface area contributed by atoms with E-state index in [1.54, 1.807) is 0 Å². The molecule has 0 saturated heterocycles. The number of carbonyl (C=O) groups excluding carboxylic acids is 2. The molecule has 60 heavy (non-hydrogen) atoms. The lowest BCUT2D eigenvalue weighted by Gasteiger charge is -2.41. The van der Waals surface area contributed by atoms with Crippen LogP contribution >= 0.6 is 7.82 Å². The highest BCUT2D eigenvalue weighted by atomic mass is 31.2. The molecule has 0 aromatic carbocycles. The number of hydrogen-bond acceptors (Lipinski definition) is 12. The largest absolute Gasteiger partial charge is 0.472 e. The Labute approximate surface area is 363 Å². The van der Waals surface area contributed by atoms with Crippen molar-refractivity contribution < 1.29 is 63.1 Å². The van der Waals surface area contributed by atoms with E-state index in [0.717, 1.165) is 44.9 Å². The molecular weight excluding hydrogens is 791 g/mol. The van der Waals surface area contributed by atoms with Crippen molar-refractivity contribution in [1.82, 2.24) is 0 Å². The number of aliphatic hydroxyl groups excluding tert-OH is 5. The number of hydrogen-bond donors (Lipinski definition) is 6. The van der Waals surface area contributed by atoms with E-state index in [4.69, 9.17) is 18.5 Å². The lowest BCUT2D eigenvalue weighted by atomic mass is 9.85. The smallest absolute Gasteiger partial charge is 0.462 e.